The zero-order chi connectivity index (χ0) is 19.1. The molecule has 1 fully saturated rings. The standard InChI is InChI=1S/C18H20ClN5O2S/c1-10-21-18-24(22-10)17(26)15(27-18)14(12-4-2-3-5-13(12)19)23-8-6-11(7-9-23)16(20)25/h2-5,11,14,26H,6-9H2,1H3,(H2,20,25)/t14-/m0/s1. The van der Waals surface area contributed by atoms with Gasteiger partial charge in [-0.25, -0.2) is 4.98 Å². The smallest absolute Gasteiger partial charge is 0.230 e. The molecule has 3 aromatic rings. The Hall–Kier alpha value is -2.16. The minimum Gasteiger partial charge on any atom is -0.492 e. The van der Waals surface area contributed by atoms with Crippen LogP contribution in [0.4, 0.5) is 0 Å². The summed E-state index contributed by atoms with van der Waals surface area (Å²) in [7, 11) is 0. The van der Waals surface area contributed by atoms with Crippen molar-refractivity contribution in [3.8, 4) is 5.88 Å². The van der Waals surface area contributed by atoms with Crippen LogP contribution in [0.2, 0.25) is 5.02 Å². The highest BCUT2D eigenvalue weighted by Gasteiger charge is 2.34. The van der Waals surface area contributed by atoms with Gasteiger partial charge in [-0.3, -0.25) is 9.69 Å². The van der Waals surface area contributed by atoms with E-state index in [1.165, 1.54) is 15.9 Å². The van der Waals surface area contributed by atoms with Crippen LogP contribution in [0.1, 0.15) is 35.1 Å². The molecule has 1 aliphatic rings. The fraction of sp³-hybridized carbons (Fsp3) is 0.389. The first kappa shape index (κ1) is 18.2. The van der Waals surface area contributed by atoms with Crippen molar-refractivity contribution in [3.05, 3.63) is 45.6 Å². The number of aryl methyl sites for hydroxylation is 1. The Morgan fingerprint density at radius 1 is 1.37 bits per heavy atom. The van der Waals surface area contributed by atoms with Gasteiger partial charge in [-0.15, -0.1) is 5.10 Å². The zero-order valence-corrected chi connectivity index (χ0v) is 16.4. The van der Waals surface area contributed by atoms with Crippen molar-refractivity contribution in [2.45, 2.75) is 25.8 Å². The molecule has 4 rings (SSSR count). The number of nitrogens with zero attached hydrogens (tertiary/aromatic N) is 4. The van der Waals surface area contributed by atoms with Gasteiger partial charge in [0.05, 0.1) is 10.9 Å². The van der Waals surface area contributed by atoms with Gasteiger partial charge in [0.1, 0.15) is 5.82 Å². The summed E-state index contributed by atoms with van der Waals surface area (Å²) in [6.45, 7) is 3.17. The number of piperidine rings is 1. The third-order valence-corrected chi connectivity index (χ3v) is 6.47. The maximum absolute atomic E-state index is 11.5. The van der Waals surface area contributed by atoms with E-state index in [-0.39, 0.29) is 23.7 Å². The Kier molecular flexibility index (Phi) is 4.79. The summed E-state index contributed by atoms with van der Waals surface area (Å²) in [6, 6.07) is 7.39. The summed E-state index contributed by atoms with van der Waals surface area (Å²) in [5.74, 6) is 0.338. The van der Waals surface area contributed by atoms with Gasteiger partial charge >= 0.3 is 0 Å². The number of amides is 1. The number of hydrogen-bond donors (Lipinski definition) is 2. The van der Waals surface area contributed by atoms with E-state index < -0.39 is 0 Å². The lowest BCUT2D eigenvalue weighted by molar-refractivity contribution is -0.123. The average Bonchev–Trinajstić information content (AvgIpc) is 3.15. The minimum absolute atomic E-state index is 0.0811. The summed E-state index contributed by atoms with van der Waals surface area (Å²) in [5.41, 5.74) is 6.38. The van der Waals surface area contributed by atoms with Gasteiger partial charge in [0.15, 0.2) is 0 Å². The molecule has 27 heavy (non-hydrogen) atoms. The van der Waals surface area contributed by atoms with Gasteiger partial charge in [0.2, 0.25) is 16.7 Å². The number of carbonyl (C=O) groups excluding carboxylic acids is 1. The van der Waals surface area contributed by atoms with Gasteiger partial charge in [-0.05, 0) is 44.5 Å². The second-order valence-corrected chi connectivity index (χ2v) is 8.20. The van der Waals surface area contributed by atoms with E-state index in [1.807, 2.05) is 24.3 Å². The second kappa shape index (κ2) is 7.10. The predicted molar refractivity (Wildman–Crippen MR) is 104 cm³/mol. The van der Waals surface area contributed by atoms with Crippen molar-refractivity contribution in [1.82, 2.24) is 19.5 Å². The monoisotopic (exact) mass is 405 g/mol. The molecule has 3 heterocycles. The van der Waals surface area contributed by atoms with E-state index in [0.717, 1.165) is 10.4 Å². The van der Waals surface area contributed by atoms with Gasteiger partial charge in [0.25, 0.3) is 0 Å². The highest BCUT2D eigenvalue weighted by atomic mass is 35.5. The molecular weight excluding hydrogens is 386 g/mol. The van der Waals surface area contributed by atoms with Crippen LogP contribution in [0.15, 0.2) is 24.3 Å². The van der Waals surface area contributed by atoms with Crippen LogP contribution in [-0.2, 0) is 4.79 Å². The molecule has 142 valence electrons. The first-order valence-corrected chi connectivity index (χ1v) is 9.98. The highest BCUT2D eigenvalue weighted by molar-refractivity contribution is 7.17. The molecule has 1 aliphatic heterocycles. The average molecular weight is 406 g/mol. The molecule has 1 amide bonds. The summed E-state index contributed by atoms with van der Waals surface area (Å²) >= 11 is 7.91. The van der Waals surface area contributed by atoms with Crippen LogP contribution in [0, 0.1) is 12.8 Å². The molecule has 7 nitrogen and oxygen atoms in total. The lowest BCUT2D eigenvalue weighted by Crippen LogP contribution is -2.40. The SMILES string of the molecule is Cc1nc2sc([C@H](c3ccccc3Cl)N3CCC(C(N)=O)CC3)c(O)n2n1. The Morgan fingerprint density at radius 2 is 2.07 bits per heavy atom. The predicted octanol–water partition coefficient (Wildman–Crippen LogP) is 2.74. The van der Waals surface area contributed by atoms with Gasteiger partial charge < -0.3 is 10.8 Å². The summed E-state index contributed by atoms with van der Waals surface area (Å²) < 4.78 is 1.47. The maximum Gasteiger partial charge on any atom is 0.230 e. The minimum atomic E-state index is -0.249. The van der Waals surface area contributed by atoms with Crippen LogP contribution >= 0.6 is 22.9 Å². The third kappa shape index (κ3) is 3.28. The van der Waals surface area contributed by atoms with E-state index in [9.17, 15) is 9.90 Å². The number of rotatable bonds is 4. The van der Waals surface area contributed by atoms with Gasteiger partial charge in [-0.2, -0.15) is 4.52 Å². The van der Waals surface area contributed by atoms with Gasteiger partial charge in [-0.1, -0.05) is 41.1 Å². The van der Waals surface area contributed by atoms with Crippen LogP contribution in [0.25, 0.3) is 4.96 Å². The van der Waals surface area contributed by atoms with Crippen molar-refractivity contribution >= 4 is 33.8 Å². The number of hydrogen-bond acceptors (Lipinski definition) is 6. The molecule has 1 aromatic carbocycles. The number of thiazole rings is 1. The topological polar surface area (TPSA) is 96.8 Å². The maximum atomic E-state index is 11.5. The van der Waals surface area contributed by atoms with Crippen LogP contribution in [0.5, 0.6) is 5.88 Å². The zero-order valence-electron chi connectivity index (χ0n) is 14.8. The molecular formula is C18H20ClN5O2S. The number of benzene rings is 1. The quantitative estimate of drug-likeness (QED) is 0.695. The van der Waals surface area contributed by atoms with Crippen molar-refractivity contribution < 1.29 is 9.90 Å². The first-order valence-electron chi connectivity index (χ1n) is 8.78. The first-order chi connectivity index (χ1) is 13.0. The number of fused-ring (bicyclic) bond motifs is 1. The molecule has 0 saturated carbocycles. The van der Waals surface area contributed by atoms with Gasteiger partial charge in [0, 0.05) is 10.9 Å². The van der Waals surface area contributed by atoms with E-state index in [0.29, 0.717) is 41.7 Å². The molecule has 0 spiro atoms. The Morgan fingerprint density at radius 3 is 2.70 bits per heavy atom. The highest BCUT2D eigenvalue weighted by Crippen LogP contribution is 2.43. The van der Waals surface area contributed by atoms with Crippen LogP contribution < -0.4 is 5.73 Å². The molecule has 0 radical (unpaired) electrons. The molecule has 0 aliphatic carbocycles. The summed E-state index contributed by atoms with van der Waals surface area (Å²) in [5, 5.41) is 15.7. The summed E-state index contributed by atoms with van der Waals surface area (Å²) in [6.07, 6.45) is 1.38. The molecule has 1 saturated heterocycles. The summed E-state index contributed by atoms with van der Waals surface area (Å²) in [4.78, 5) is 19.5. The Bertz CT molecular complexity index is 993. The molecule has 2 aromatic heterocycles. The van der Waals surface area contributed by atoms with Crippen molar-refractivity contribution in [3.63, 3.8) is 0 Å². The van der Waals surface area contributed by atoms with Crippen LogP contribution in [-0.4, -0.2) is 43.6 Å². The lowest BCUT2D eigenvalue weighted by atomic mass is 9.93. The van der Waals surface area contributed by atoms with E-state index in [4.69, 9.17) is 17.3 Å². The third-order valence-electron chi connectivity index (χ3n) is 5.05. The Balaban J connectivity index is 1.77. The molecule has 1 atom stereocenters. The number of nitrogens with two attached hydrogens (primary N) is 1. The molecule has 0 unspecified atom stereocenters. The van der Waals surface area contributed by atoms with E-state index in [1.54, 1.807) is 6.92 Å². The number of primary amides is 1. The number of halogens is 1. The van der Waals surface area contributed by atoms with Crippen LogP contribution in [0.3, 0.4) is 0 Å². The number of aromatic nitrogens is 3. The number of likely N-dealkylation sites (tertiary alicyclic amines) is 1. The fourth-order valence-electron chi connectivity index (χ4n) is 3.67. The van der Waals surface area contributed by atoms with Crippen molar-refractivity contribution in [2.24, 2.45) is 11.7 Å². The van der Waals surface area contributed by atoms with E-state index >= 15 is 0 Å². The Labute approximate surface area is 165 Å². The van der Waals surface area contributed by atoms with Crippen molar-refractivity contribution in [1.29, 1.82) is 0 Å². The lowest BCUT2D eigenvalue weighted by Gasteiger charge is -2.36. The van der Waals surface area contributed by atoms with Crippen molar-refractivity contribution in [2.75, 3.05) is 13.1 Å². The normalized spacial score (nSPS) is 17.4. The number of carbonyl (C=O) groups is 1. The molecule has 0 bridgehead atoms. The largest absolute Gasteiger partial charge is 0.492 e. The van der Waals surface area contributed by atoms with E-state index in [2.05, 4.69) is 15.0 Å². The second-order valence-electron chi connectivity index (χ2n) is 6.78. The fourth-order valence-corrected chi connectivity index (χ4v) is 5.06. The molecule has 3 N–H and O–H groups in total. The molecule has 9 heteroatoms. The number of aromatic hydroxyl groups is 1.